The third kappa shape index (κ3) is 3.05. The maximum atomic E-state index is 12.1. The number of aromatic hydroxyl groups is 1. The molecule has 104 valence electrons. The van der Waals surface area contributed by atoms with Crippen molar-refractivity contribution >= 4 is 11.9 Å². The topological polar surface area (TPSA) is 86.6 Å². The van der Waals surface area contributed by atoms with Gasteiger partial charge in [0, 0.05) is 0 Å². The van der Waals surface area contributed by atoms with Crippen LogP contribution in [0.1, 0.15) is 42.6 Å². The highest BCUT2D eigenvalue weighted by Crippen LogP contribution is 2.21. The van der Waals surface area contributed by atoms with E-state index in [2.05, 4.69) is 5.32 Å². The van der Waals surface area contributed by atoms with E-state index in [-0.39, 0.29) is 24.2 Å². The number of benzene rings is 1. The van der Waals surface area contributed by atoms with Crippen molar-refractivity contribution in [3.8, 4) is 5.75 Å². The highest BCUT2D eigenvalue weighted by atomic mass is 16.4. The van der Waals surface area contributed by atoms with Crippen LogP contribution in [0.4, 0.5) is 0 Å². The van der Waals surface area contributed by atoms with E-state index in [1.807, 2.05) is 0 Å². The van der Waals surface area contributed by atoms with Gasteiger partial charge < -0.3 is 15.5 Å². The van der Waals surface area contributed by atoms with Crippen molar-refractivity contribution in [1.29, 1.82) is 0 Å². The van der Waals surface area contributed by atoms with Crippen molar-refractivity contribution < 1.29 is 19.8 Å². The van der Waals surface area contributed by atoms with Gasteiger partial charge in [0.25, 0.3) is 5.91 Å². The Labute approximate surface area is 112 Å². The second-order valence-corrected chi connectivity index (χ2v) is 4.57. The summed E-state index contributed by atoms with van der Waals surface area (Å²) < 4.78 is 0. The first-order valence-electron chi connectivity index (χ1n) is 6.21. The molecular formula is C14H19NO4. The van der Waals surface area contributed by atoms with Crippen LogP contribution in [-0.2, 0) is 4.79 Å². The molecule has 0 bridgehead atoms. The number of carbonyl (C=O) groups is 2. The lowest BCUT2D eigenvalue weighted by Gasteiger charge is -2.28. The zero-order chi connectivity index (χ0) is 14.6. The van der Waals surface area contributed by atoms with Crippen LogP contribution in [0.15, 0.2) is 18.2 Å². The fourth-order valence-corrected chi connectivity index (χ4v) is 1.90. The number of phenolic OH excluding ortho intramolecular Hbond substituents is 1. The highest BCUT2D eigenvalue weighted by molar-refractivity contribution is 5.99. The number of phenols is 1. The zero-order valence-electron chi connectivity index (χ0n) is 11.4. The van der Waals surface area contributed by atoms with Gasteiger partial charge in [0.2, 0.25) is 0 Å². The number of carbonyl (C=O) groups excluding carboxylic acids is 1. The largest absolute Gasteiger partial charge is 0.507 e. The Morgan fingerprint density at radius 3 is 2.26 bits per heavy atom. The molecule has 0 aromatic heterocycles. The fourth-order valence-electron chi connectivity index (χ4n) is 1.90. The lowest BCUT2D eigenvalue weighted by atomic mass is 9.92. The van der Waals surface area contributed by atoms with Gasteiger partial charge in [0.05, 0.1) is 5.56 Å². The fraction of sp³-hybridized carbons (Fsp3) is 0.429. The Morgan fingerprint density at radius 1 is 1.26 bits per heavy atom. The molecule has 5 nitrogen and oxygen atoms in total. The van der Waals surface area contributed by atoms with E-state index in [0.29, 0.717) is 0 Å². The summed E-state index contributed by atoms with van der Waals surface area (Å²) in [6, 6.07) is 4.64. The first-order chi connectivity index (χ1) is 8.86. The Morgan fingerprint density at radius 2 is 1.84 bits per heavy atom. The van der Waals surface area contributed by atoms with Gasteiger partial charge >= 0.3 is 5.97 Å². The molecule has 3 N–H and O–H groups in total. The van der Waals surface area contributed by atoms with E-state index in [9.17, 15) is 19.8 Å². The Bertz CT molecular complexity index is 492. The van der Waals surface area contributed by atoms with Crippen LogP contribution in [0, 0.1) is 6.92 Å². The summed E-state index contributed by atoms with van der Waals surface area (Å²) in [6.07, 6.45) is 0.550. The molecule has 0 aliphatic rings. The zero-order valence-corrected chi connectivity index (χ0v) is 11.4. The minimum absolute atomic E-state index is 0.0816. The van der Waals surface area contributed by atoms with Crippen molar-refractivity contribution in [1.82, 2.24) is 5.32 Å². The molecule has 1 aromatic rings. The molecule has 0 fully saturated rings. The molecule has 5 heteroatoms. The molecule has 0 heterocycles. The van der Waals surface area contributed by atoms with E-state index in [1.54, 1.807) is 26.8 Å². The lowest BCUT2D eigenvalue weighted by Crippen LogP contribution is -2.53. The number of carboxylic acids is 1. The number of hydrogen-bond acceptors (Lipinski definition) is 3. The summed E-state index contributed by atoms with van der Waals surface area (Å²) >= 11 is 0. The van der Waals surface area contributed by atoms with Crippen molar-refractivity contribution in [2.75, 3.05) is 0 Å². The monoisotopic (exact) mass is 265 g/mol. The number of aryl methyl sites for hydroxylation is 1. The molecule has 0 unspecified atom stereocenters. The van der Waals surface area contributed by atoms with Gasteiger partial charge in [-0.15, -0.1) is 0 Å². The highest BCUT2D eigenvalue weighted by Gasteiger charge is 2.36. The van der Waals surface area contributed by atoms with Crippen molar-refractivity contribution in [3.63, 3.8) is 0 Å². The van der Waals surface area contributed by atoms with Crippen molar-refractivity contribution in [2.45, 2.75) is 39.2 Å². The SMILES string of the molecule is CCC(CC)(NC(=O)c1ccc(C)cc1O)C(=O)O. The van der Waals surface area contributed by atoms with Crippen LogP contribution >= 0.6 is 0 Å². The van der Waals surface area contributed by atoms with Gasteiger partial charge in [-0.1, -0.05) is 19.9 Å². The minimum Gasteiger partial charge on any atom is -0.507 e. The average molecular weight is 265 g/mol. The number of hydrogen-bond donors (Lipinski definition) is 3. The Kier molecular flexibility index (Phi) is 4.53. The number of rotatable bonds is 5. The van der Waals surface area contributed by atoms with Crippen LogP contribution in [0.5, 0.6) is 5.75 Å². The van der Waals surface area contributed by atoms with E-state index >= 15 is 0 Å². The molecule has 0 saturated carbocycles. The predicted octanol–water partition coefficient (Wildman–Crippen LogP) is 2.07. The predicted molar refractivity (Wildman–Crippen MR) is 71.3 cm³/mol. The van der Waals surface area contributed by atoms with Gasteiger partial charge in [-0.05, 0) is 37.5 Å². The quantitative estimate of drug-likeness (QED) is 0.760. The molecule has 0 radical (unpaired) electrons. The van der Waals surface area contributed by atoms with Gasteiger partial charge in [-0.3, -0.25) is 4.79 Å². The van der Waals surface area contributed by atoms with E-state index in [1.165, 1.54) is 12.1 Å². The smallest absolute Gasteiger partial charge is 0.329 e. The number of nitrogens with one attached hydrogen (secondary N) is 1. The van der Waals surface area contributed by atoms with Crippen LogP contribution in [0.3, 0.4) is 0 Å². The number of carboxylic acid groups (broad SMARTS) is 1. The summed E-state index contributed by atoms with van der Waals surface area (Å²) in [7, 11) is 0. The summed E-state index contributed by atoms with van der Waals surface area (Å²) in [5.41, 5.74) is -0.392. The third-order valence-corrected chi connectivity index (χ3v) is 3.37. The van der Waals surface area contributed by atoms with Gasteiger partial charge in [0.1, 0.15) is 11.3 Å². The van der Waals surface area contributed by atoms with Crippen LogP contribution in [-0.4, -0.2) is 27.6 Å². The van der Waals surface area contributed by atoms with Gasteiger partial charge in [-0.25, -0.2) is 4.79 Å². The number of aliphatic carboxylic acids is 1. The van der Waals surface area contributed by atoms with Crippen LogP contribution in [0.25, 0.3) is 0 Å². The molecule has 0 spiro atoms. The summed E-state index contributed by atoms with van der Waals surface area (Å²) in [5, 5.41) is 21.5. The normalized spacial score (nSPS) is 11.1. The van der Waals surface area contributed by atoms with Gasteiger partial charge in [-0.2, -0.15) is 0 Å². The summed E-state index contributed by atoms with van der Waals surface area (Å²) in [5.74, 6) is -1.80. The molecule has 0 aliphatic carbocycles. The second kappa shape index (κ2) is 5.73. The summed E-state index contributed by atoms with van der Waals surface area (Å²) in [6.45, 7) is 5.20. The number of amides is 1. The van der Waals surface area contributed by atoms with Crippen molar-refractivity contribution in [3.05, 3.63) is 29.3 Å². The molecule has 1 aromatic carbocycles. The maximum absolute atomic E-state index is 12.1. The maximum Gasteiger partial charge on any atom is 0.329 e. The first-order valence-corrected chi connectivity index (χ1v) is 6.21. The average Bonchev–Trinajstić information content (AvgIpc) is 2.35. The molecule has 0 saturated heterocycles. The van der Waals surface area contributed by atoms with Gasteiger partial charge in [0.15, 0.2) is 0 Å². The Balaban J connectivity index is 3.04. The third-order valence-electron chi connectivity index (χ3n) is 3.37. The molecule has 1 amide bonds. The standard InChI is InChI=1S/C14H19NO4/c1-4-14(5-2,13(18)19)15-12(17)10-7-6-9(3)8-11(10)16/h6-8,16H,4-5H2,1-3H3,(H,15,17)(H,18,19). The minimum atomic E-state index is -1.30. The Hall–Kier alpha value is -2.04. The van der Waals surface area contributed by atoms with Crippen LogP contribution < -0.4 is 5.32 Å². The van der Waals surface area contributed by atoms with Crippen LogP contribution in [0.2, 0.25) is 0 Å². The van der Waals surface area contributed by atoms with E-state index in [4.69, 9.17) is 0 Å². The van der Waals surface area contributed by atoms with E-state index < -0.39 is 17.4 Å². The molecule has 1 rings (SSSR count). The summed E-state index contributed by atoms with van der Waals surface area (Å²) in [4.78, 5) is 23.4. The molecule has 0 aliphatic heterocycles. The van der Waals surface area contributed by atoms with Crippen molar-refractivity contribution in [2.24, 2.45) is 0 Å². The first kappa shape index (κ1) is 15.0. The molecular weight excluding hydrogens is 246 g/mol. The molecule has 0 atom stereocenters. The second-order valence-electron chi connectivity index (χ2n) is 4.57. The van der Waals surface area contributed by atoms with E-state index in [0.717, 1.165) is 5.56 Å². The lowest BCUT2D eigenvalue weighted by molar-refractivity contribution is -0.144. The molecule has 19 heavy (non-hydrogen) atoms.